The van der Waals surface area contributed by atoms with Crippen molar-refractivity contribution in [3.8, 4) is 0 Å². The van der Waals surface area contributed by atoms with Crippen LogP contribution in [0.15, 0.2) is 6.20 Å². The second kappa shape index (κ2) is 2.98. The highest BCUT2D eigenvalue weighted by Crippen LogP contribution is 2.31. The van der Waals surface area contributed by atoms with Crippen LogP contribution in [-0.2, 0) is 12.7 Å². The van der Waals surface area contributed by atoms with Crippen LogP contribution in [0.5, 0.6) is 0 Å². The third-order valence-corrected chi connectivity index (χ3v) is 2.37. The summed E-state index contributed by atoms with van der Waals surface area (Å²) in [4.78, 5) is 3.42. The van der Waals surface area contributed by atoms with Crippen LogP contribution in [-0.4, -0.2) is 16.1 Å². The minimum absolute atomic E-state index is 0.0626. The van der Waals surface area contributed by atoms with E-state index in [2.05, 4.69) is 10.3 Å². The molecule has 6 heteroatoms. The fourth-order valence-corrected chi connectivity index (χ4v) is 1.69. The predicted octanol–water partition coefficient (Wildman–Crippen LogP) is 1.57. The molecule has 1 atom stereocenters. The molecule has 0 saturated heterocycles. The first-order valence-electron chi connectivity index (χ1n) is 4.36. The Morgan fingerprint density at radius 3 is 2.93 bits per heavy atom. The molecule has 0 radical (unpaired) electrons. The van der Waals surface area contributed by atoms with E-state index in [-0.39, 0.29) is 6.04 Å². The highest BCUT2D eigenvalue weighted by molar-refractivity contribution is 5.13. The van der Waals surface area contributed by atoms with Gasteiger partial charge in [0.1, 0.15) is 0 Å². The van der Waals surface area contributed by atoms with E-state index in [1.165, 1.54) is 10.8 Å². The normalized spacial score (nSPS) is 22.1. The molecule has 78 valence electrons. The second-order valence-electron chi connectivity index (χ2n) is 3.33. The quantitative estimate of drug-likeness (QED) is 0.696. The molecule has 1 aromatic rings. The van der Waals surface area contributed by atoms with Gasteiger partial charge in [-0.25, -0.2) is 4.98 Å². The van der Waals surface area contributed by atoms with Gasteiger partial charge in [-0.15, -0.1) is 0 Å². The number of nitrogens with zero attached hydrogens (tertiary/aromatic N) is 2. The summed E-state index contributed by atoms with van der Waals surface area (Å²) in [6.45, 7) is 2.70. The summed E-state index contributed by atoms with van der Waals surface area (Å²) in [6, 6.07) is -0.0626. The van der Waals surface area contributed by atoms with Crippen LogP contribution < -0.4 is 5.32 Å². The van der Waals surface area contributed by atoms with E-state index in [0.717, 1.165) is 0 Å². The molecule has 0 aliphatic carbocycles. The van der Waals surface area contributed by atoms with Gasteiger partial charge in [0.25, 0.3) is 0 Å². The van der Waals surface area contributed by atoms with Gasteiger partial charge < -0.3 is 9.88 Å². The average molecular weight is 205 g/mol. The first kappa shape index (κ1) is 9.51. The number of aromatic nitrogens is 2. The maximum Gasteiger partial charge on any atom is 0.449 e. The summed E-state index contributed by atoms with van der Waals surface area (Å²) >= 11 is 0. The number of hydrogen-bond donors (Lipinski definition) is 1. The summed E-state index contributed by atoms with van der Waals surface area (Å²) < 4.78 is 38.5. The number of fused-ring (bicyclic) bond motifs is 1. The van der Waals surface area contributed by atoms with Crippen molar-refractivity contribution >= 4 is 0 Å². The second-order valence-corrected chi connectivity index (χ2v) is 3.33. The van der Waals surface area contributed by atoms with Gasteiger partial charge in [0, 0.05) is 19.1 Å². The van der Waals surface area contributed by atoms with Crippen LogP contribution in [0.2, 0.25) is 0 Å². The molecule has 0 unspecified atom stereocenters. The van der Waals surface area contributed by atoms with Crippen molar-refractivity contribution in [3.05, 3.63) is 17.7 Å². The van der Waals surface area contributed by atoms with Crippen LogP contribution in [0.3, 0.4) is 0 Å². The lowest BCUT2D eigenvalue weighted by Gasteiger charge is -2.24. The summed E-state index contributed by atoms with van der Waals surface area (Å²) in [5.41, 5.74) is 0.601. The molecule has 0 bridgehead atoms. The van der Waals surface area contributed by atoms with Crippen molar-refractivity contribution in [2.45, 2.75) is 25.7 Å². The van der Waals surface area contributed by atoms with E-state index in [4.69, 9.17) is 0 Å². The Bertz CT molecular complexity index is 342. The van der Waals surface area contributed by atoms with Gasteiger partial charge in [0.15, 0.2) is 0 Å². The molecule has 1 aliphatic rings. The molecule has 0 saturated carbocycles. The summed E-state index contributed by atoms with van der Waals surface area (Å²) in [5.74, 6) is -0.791. The standard InChI is InChI=1S/C8H10F3N3/c1-5-6-4-13-7(8(9,10)11)14(6)3-2-12-5/h4-5,12H,2-3H2,1H3/t5-/m1/s1. The Hall–Kier alpha value is -1.04. The number of hydrogen-bond acceptors (Lipinski definition) is 2. The van der Waals surface area contributed by atoms with E-state index < -0.39 is 12.0 Å². The highest BCUT2D eigenvalue weighted by atomic mass is 19.4. The smallest absolute Gasteiger partial charge is 0.322 e. The van der Waals surface area contributed by atoms with E-state index in [1.54, 1.807) is 0 Å². The SMILES string of the molecule is C[C@H]1NCCn2c1cnc2C(F)(F)F. The van der Waals surface area contributed by atoms with E-state index in [0.29, 0.717) is 18.8 Å². The molecule has 0 spiro atoms. The molecule has 2 rings (SSSR count). The van der Waals surface area contributed by atoms with Gasteiger partial charge in [-0.1, -0.05) is 0 Å². The number of nitrogens with one attached hydrogen (secondary N) is 1. The Balaban J connectivity index is 2.46. The van der Waals surface area contributed by atoms with Gasteiger partial charge in [-0.2, -0.15) is 13.2 Å². The molecular formula is C8H10F3N3. The Labute approximate surface area is 78.9 Å². The van der Waals surface area contributed by atoms with E-state index >= 15 is 0 Å². The number of rotatable bonds is 0. The molecule has 1 aromatic heterocycles. The lowest BCUT2D eigenvalue weighted by Crippen LogP contribution is -2.33. The summed E-state index contributed by atoms with van der Waals surface area (Å²) in [7, 11) is 0. The molecule has 0 fully saturated rings. The Kier molecular flexibility index (Phi) is 2.02. The minimum atomic E-state index is -4.35. The van der Waals surface area contributed by atoms with Gasteiger partial charge in [-0.3, -0.25) is 0 Å². The third-order valence-electron chi connectivity index (χ3n) is 2.37. The molecule has 0 amide bonds. The van der Waals surface area contributed by atoms with Crippen LogP contribution in [0.1, 0.15) is 24.5 Å². The van der Waals surface area contributed by atoms with E-state index in [9.17, 15) is 13.2 Å². The highest BCUT2D eigenvalue weighted by Gasteiger charge is 2.38. The van der Waals surface area contributed by atoms with Crippen molar-refractivity contribution in [2.75, 3.05) is 6.54 Å². The fourth-order valence-electron chi connectivity index (χ4n) is 1.69. The maximum absolute atomic E-state index is 12.4. The molecule has 1 aliphatic heterocycles. The zero-order valence-corrected chi connectivity index (χ0v) is 7.60. The molecule has 14 heavy (non-hydrogen) atoms. The lowest BCUT2D eigenvalue weighted by molar-refractivity contribution is -0.147. The van der Waals surface area contributed by atoms with Crippen molar-refractivity contribution < 1.29 is 13.2 Å². The monoisotopic (exact) mass is 205 g/mol. The molecule has 3 nitrogen and oxygen atoms in total. The van der Waals surface area contributed by atoms with Crippen molar-refractivity contribution in [1.29, 1.82) is 0 Å². The maximum atomic E-state index is 12.4. The van der Waals surface area contributed by atoms with E-state index in [1.807, 2.05) is 6.92 Å². The number of halogens is 3. The molecular weight excluding hydrogens is 195 g/mol. The first-order chi connectivity index (χ1) is 6.50. The molecule has 1 N–H and O–H groups in total. The van der Waals surface area contributed by atoms with Gasteiger partial charge in [0.2, 0.25) is 5.82 Å². The predicted molar refractivity (Wildman–Crippen MR) is 43.6 cm³/mol. The summed E-state index contributed by atoms with van der Waals surface area (Å²) in [6.07, 6.45) is -3.06. The van der Waals surface area contributed by atoms with Crippen LogP contribution in [0.25, 0.3) is 0 Å². The topological polar surface area (TPSA) is 29.9 Å². The van der Waals surface area contributed by atoms with Crippen molar-refractivity contribution in [1.82, 2.24) is 14.9 Å². The largest absolute Gasteiger partial charge is 0.449 e. The fraction of sp³-hybridized carbons (Fsp3) is 0.625. The molecule has 0 aromatic carbocycles. The summed E-state index contributed by atoms with van der Waals surface area (Å²) in [5, 5.41) is 3.07. The van der Waals surface area contributed by atoms with Gasteiger partial charge >= 0.3 is 6.18 Å². The Morgan fingerprint density at radius 2 is 2.29 bits per heavy atom. The third kappa shape index (κ3) is 1.39. The van der Waals surface area contributed by atoms with Gasteiger partial charge in [-0.05, 0) is 6.92 Å². The average Bonchev–Trinajstić information content (AvgIpc) is 2.47. The first-order valence-corrected chi connectivity index (χ1v) is 4.36. The minimum Gasteiger partial charge on any atom is -0.322 e. The Morgan fingerprint density at radius 1 is 1.57 bits per heavy atom. The van der Waals surface area contributed by atoms with Gasteiger partial charge in [0.05, 0.1) is 11.9 Å². The van der Waals surface area contributed by atoms with Crippen molar-refractivity contribution in [3.63, 3.8) is 0 Å². The van der Waals surface area contributed by atoms with Crippen LogP contribution in [0.4, 0.5) is 13.2 Å². The zero-order valence-electron chi connectivity index (χ0n) is 7.60. The molecule has 2 heterocycles. The zero-order chi connectivity index (χ0) is 10.3. The van der Waals surface area contributed by atoms with Crippen LogP contribution in [0, 0.1) is 0 Å². The number of alkyl halides is 3. The number of imidazole rings is 1. The van der Waals surface area contributed by atoms with Crippen LogP contribution >= 0.6 is 0 Å². The lowest BCUT2D eigenvalue weighted by atomic mass is 10.2. The van der Waals surface area contributed by atoms with Crippen molar-refractivity contribution in [2.24, 2.45) is 0 Å².